The van der Waals surface area contributed by atoms with Gasteiger partial charge in [-0.1, -0.05) is 58.7 Å². The Bertz CT molecular complexity index is 1060. The molecular weight excluding hydrogens is 518 g/mol. The van der Waals surface area contributed by atoms with Crippen LogP contribution in [0.15, 0.2) is 53.0 Å². The molecule has 0 aliphatic carbocycles. The van der Waals surface area contributed by atoms with E-state index in [1.54, 1.807) is 55.5 Å². The summed E-state index contributed by atoms with van der Waals surface area (Å²) in [4.78, 5) is 27.4. The molecule has 2 amide bonds. The van der Waals surface area contributed by atoms with Crippen LogP contribution in [0, 0.1) is 0 Å². The van der Waals surface area contributed by atoms with Crippen LogP contribution in [0.5, 0.6) is 0 Å². The number of amides is 2. The Kier molecular flexibility index (Phi) is 9.54. The molecule has 174 valence electrons. The Labute approximate surface area is 202 Å². The van der Waals surface area contributed by atoms with Crippen molar-refractivity contribution >= 4 is 55.1 Å². The lowest BCUT2D eigenvalue weighted by atomic mass is 10.1. The zero-order valence-corrected chi connectivity index (χ0v) is 21.4. The van der Waals surface area contributed by atoms with Gasteiger partial charge in [-0.15, -0.1) is 0 Å². The average Bonchev–Trinajstić information content (AvgIpc) is 2.73. The highest BCUT2D eigenvalue weighted by molar-refractivity contribution is 9.10. The number of carbonyl (C=O) groups excluding carboxylic acids is 2. The van der Waals surface area contributed by atoms with E-state index in [1.807, 2.05) is 6.92 Å². The smallest absolute Gasteiger partial charge is 0.244 e. The summed E-state index contributed by atoms with van der Waals surface area (Å²) in [5.41, 5.74) is 1.00. The van der Waals surface area contributed by atoms with Gasteiger partial charge in [0.1, 0.15) is 12.6 Å². The third-order valence-electron chi connectivity index (χ3n) is 4.79. The molecule has 0 saturated heterocycles. The van der Waals surface area contributed by atoms with Crippen molar-refractivity contribution in [3.05, 3.63) is 63.6 Å². The Hall–Kier alpha value is -2.10. The molecule has 0 saturated carbocycles. The minimum atomic E-state index is -3.77. The molecule has 0 bridgehead atoms. The van der Waals surface area contributed by atoms with Crippen molar-refractivity contribution in [3.63, 3.8) is 0 Å². The van der Waals surface area contributed by atoms with Gasteiger partial charge in [0.15, 0.2) is 0 Å². The normalized spacial score (nSPS) is 12.2. The molecule has 0 aliphatic rings. The number of carbonyl (C=O) groups is 2. The lowest BCUT2D eigenvalue weighted by Crippen LogP contribution is -2.51. The van der Waals surface area contributed by atoms with E-state index >= 15 is 0 Å². The fraction of sp³-hybridized carbons (Fsp3) is 0.364. The maximum absolute atomic E-state index is 13.4. The van der Waals surface area contributed by atoms with Gasteiger partial charge < -0.3 is 10.2 Å². The molecule has 1 N–H and O–H groups in total. The Balaban J connectivity index is 2.38. The molecule has 0 spiro atoms. The van der Waals surface area contributed by atoms with Crippen LogP contribution < -0.4 is 9.62 Å². The Morgan fingerprint density at radius 3 is 2.44 bits per heavy atom. The standard InChI is InChI=1S/C22H27BrClN3O4S/c1-4-12-25-22(29)16(2)26(14-17-8-5-6-11-20(17)24)21(28)15-27(32(3,30)31)19-10-7-9-18(23)13-19/h5-11,13,16H,4,12,14-15H2,1-3H3,(H,25,29). The minimum Gasteiger partial charge on any atom is -0.354 e. The molecule has 32 heavy (non-hydrogen) atoms. The summed E-state index contributed by atoms with van der Waals surface area (Å²) in [7, 11) is -3.77. The minimum absolute atomic E-state index is 0.0648. The predicted molar refractivity (Wildman–Crippen MR) is 131 cm³/mol. The molecule has 2 aromatic rings. The van der Waals surface area contributed by atoms with Crippen LogP contribution in [0.25, 0.3) is 0 Å². The summed E-state index contributed by atoms with van der Waals surface area (Å²) in [5.74, 6) is -0.838. The first-order valence-corrected chi connectivity index (χ1v) is 13.1. The van der Waals surface area contributed by atoms with Gasteiger partial charge in [0, 0.05) is 22.6 Å². The molecule has 0 radical (unpaired) electrons. The van der Waals surface area contributed by atoms with Crippen LogP contribution in [0.3, 0.4) is 0 Å². The van der Waals surface area contributed by atoms with Crippen molar-refractivity contribution in [2.24, 2.45) is 0 Å². The first-order valence-electron chi connectivity index (χ1n) is 10.1. The summed E-state index contributed by atoms with van der Waals surface area (Å²) >= 11 is 9.61. The summed E-state index contributed by atoms with van der Waals surface area (Å²) in [5, 5.41) is 3.24. The van der Waals surface area contributed by atoms with E-state index in [2.05, 4.69) is 21.2 Å². The molecule has 1 atom stereocenters. The monoisotopic (exact) mass is 543 g/mol. The largest absolute Gasteiger partial charge is 0.354 e. The first kappa shape index (κ1) is 26.2. The number of halogens is 2. The molecule has 7 nitrogen and oxygen atoms in total. The summed E-state index contributed by atoms with van der Waals surface area (Å²) in [6, 6.07) is 12.9. The summed E-state index contributed by atoms with van der Waals surface area (Å²) in [6.45, 7) is 3.63. The summed E-state index contributed by atoms with van der Waals surface area (Å²) < 4.78 is 26.7. The van der Waals surface area contributed by atoms with Crippen molar-refractivity contribution in [2.75, 3.05) is 23.7 Å². The van der Waals surface area contributed by atoms with Crippen LogP contribution >= 0.6 is 27.5 Å². The molecule has 1 unspecified atom stereocenters. The second kappa shape index (κ2) is 11.7. The number of rotatable bonds is 10. The number of hydrogen-bond donors (Lipinski definition) is 1. The number of hydrogen-bond acceptors (Lipinski definition) is 4. The number of benzene rings is 2. The number of anilines is 1. The fourth-order valence-corrected chi connectivity index (χ4v) is 4.46. The number of nitrogens with zero attached hydrogens (tertiary/aromatic N) is 2. The van der Waals surface area contributed by atoms with E-state index in [9.17, 15) is 18.0 Å². The Morgan fingerprint density at radius 2 is 1.84 bits per heavy atom. The van der Waals surface area contributed by atoms with Crippen molar-refractivity contribution in [1.82, 2.24) is 10.2 Å². The second-order valence-electron chi connectivity index (χ2n) is 7.33. The van der Waals surface area contributed by atoms with Crippen molar-refractivity contribution in [3.8, 4) is 0 Å². The average molecular weight is 545 g/mol. The second-order valence-corrected chi connectivity index (χ2v) is 10.6. The zero-order valence-electron chi connectivity index (χ0n) is 18.2. The first-order chi connectivity index (χ1) is 15.0. The molecule has 0 aromatic heterocycles. The van der Waals surface area contributed by atoms with E-state index in [1.165, 1.54) is 4.90 Å². The van der Waals surface area contributed by atoms with Crippen LogP contribution in [0.1, 0.15) is 25.8 Å². The van der Waals surface area contributed by atoms with Crippen LogP contribution in [0.2, 0.25) is 5.02 Å². The highest BCUT2D eigenvalue weighted by Gasteiger charge is 2.30. The highest BCUT2D eigenvalue weighted by atomic mass is 79.9. The van der Waals surface area contributed by atoms with Crippen molar-refractivity contribution in [2.45, 2.75) is 32.9 Å². The van der Waals surface area contributed by atoms with E-state index < -0.39 is 28.5 Å². The lowest BCUT2D eigenvalue weighted by Gasteiger charge is -2.31. The van der Waals surface area contributed by atoms with Gasteiger partial charge in [-0.3, -0.25) is 13.9 Å². The maximum atomic E-state index is 13.4. The highest BCUT2D eigenvalue weighted by Crippen LogP contribution is 2.23. The van der Waals surface area contributed by atoms with E-state index in [0.717, 1.165) is 17.0 Å². The molecule has 0 heterocycles. The van der Waals surface area contributed by atoms with Crippen molar-refractivity contribution < 1.29 is 18.0 Å². The third-order valence-corrected chi connectivity index (χ3v) is 6.79. The van der Waals surface area contributed by atoms with E-state index in [-0.39, 0.29) is 12.5 Å². The molecule has 10 heteroatoms. The Morgan fingerprint density at radius 1 is 1.16 bits per heavy atom. The van der Waals surface area contributed by atoms with Gasteiger partial charge in [-0.05, 0) is 43.2 Å². The number of nitrogens with one attached hydrogen (secondary N) is 1. The van der Waals surface area contributed by atoms with Gasteiger partial charge >= 0.3 is 0 Å². The molecule has 2 rings (SSSR count). The quantitative estimate of drug-likeness (QED) is 0.493. The fourth-order valence-electron chi connectivity index (χ4n) is 3.03. The molecule has 2 aromatic carbocycles. The topological polar surface area (TPSA) is 86.8 Å². The van der Waals surface area contributed by atoms with Crippen molar-refractivity contribution in [1.29, 1.82) is 0 Å². The molecule has 0 aliphatic heterocycles. The van der Waals surface area contributed by atoms with Gasteiger partial charge in [0.2, 0.25) is 21.8 Å². The lowest BCUT2D eigenvalue weighted by molar-refractivity contribution is -0.139. The maximum Gasteiger partial charge on any atom is 0.244 e. The van der Waals surface area contributed by atoms with Gasteiger partial charge in [-0.2, -0.15) is 0 Å². The van der Waals surface area contributed by atoms with Crippen LogP contribution in [-0.2, 0) is 26.2 Å². The van der Waals surface area contributed by atoms with Gasteiger partial charge in [-0.25, -0.2) is 8.42 Å². The molecule has 0 fully saturated rings. The van der Waals surface area contributed by atoms with E-state index in [4.69, 9.17) is 11.6 Å². The predicted octanol–water partition coefficient (Wildman–Crippen LogP) is 3.81. The summed E-state index contributed by atoms with van der Waals surface area (Å²) in [6.07, 6.45) is 1.79. The SMILES string of the molecule is CCCNC(=O)C(C)N(Cc1ccccc1Cl)C(=O)CN(c1cccc(Br)c1)S(C)(=O)=O. The zero-order chi connectivity index (χ0) is 23.9. The van der Waals surface area contributed by atoms with Crippen LogP contribution in [0.4, 0.5) is 5.69 Å². The van der Waals surface area contributed by atoms with E-state index in [0.29, 0.717) is 27.3 Å². The van der Waals surface area contributed by atoms with Gasteiger partial charge in [0.25, 0.3) is 0 Å². The van der Waals surface area contributed by atoms with Crippen LogP contribution in [-0.4, -0.2) is 50.5 Å². The third kappa shape index (κ3) is 7.21. The molecular formula is C22H27BrClN3O4S. The number of sulfonamides is 1. The van der Waals surface area contributed by atoms with Gasteiger partial charge in [0.05, 0.1) is 11.9 Å².